The van der Waals surface area contributed by atoms with Gasteiger partial charge < -0.3 is 14.8 Å². The highest BCUT2D eigenvalue weighted by Crippen LogP contribution is 2.21. The fraction of sp³-hybridized carbons (Fsp3) is 0.174. The van der Waals surface area contributed by atoms with Crippen molar-refractivity contribution in [3.05, 3.63) is 77.9 Å². The molecule has 8 heteroatoms. The van der Waals surface area contributed by atoms with E-state index in [1.165, 1.54) is 19.2 Å². The SMILES string of the molecule is COc1ccc(NS(=O)(=O)c2cccc(NC(=O)COc3ccc(C)c(C)c3)c2)cc1. The minimum atomic E-state index is -3.83. The van der Waals surface area contributed by atoms with E-state index in [-0.39, 0.29) is 11.5 Å². The molecule has 31 heavy (non-hydrogen) atoms. The first kappa shape index (κ1) is 22.2. The quantitative estimate of drug-likeness (QED) is 0.549. The maximum atomic E-state index is 12.7. The maximum Gasteiger partial charge on any atom is 0.262 e. The Bertz CT molecular complexity index is 1170. The van der Waals surface area contributed by atoms with Gasteiger partial charge in [-0.1, -0.05) is 12.1 Å². The van der Waals surface area contributed by atoms with E-state index < -0.39 is 15.9 Å². The maximum absolute atomic E-state index is 12.7. The minimum absolute atomic E-state index is 0.0243. The first-order valence-electron chi connectivity index (χ1n) is 9.54. The number of ether oxygens (including phenoxy) is 2. The van der Waals surface area contributed by atoms with Crippen LogP contribution in [0.1, 0.15) is 11.1 Å². The van der Waals surface area contributed by atoms with Gasteiger partial charge in [-0.15, -0.1) is 0 Å². The molecule has 0 aliphatic rings. The highest BCUT2D eigenvalue weighted by Gasteiger charge is 2.15. The third-order valence-electron chi connectivity index (χ3n) is 4.62. The third-order valence-corrected chi connectivity index (χ3v) is 6.00. The number of amides is 1. The van der Waals surface area contributed by atoms with Gasteiger partial charge in [-0.25, -0.2) is 8.42 Å². The summed E-state index contributed by atoms with van der Waals surface area (Å²) in [6, 6.07) is 18.1. The number of anilines is 2. The Morgan fingerprint density at radius 3 is 2.26 bits per heavy atom. The van der Waals surface area contributed by atoms with Crippen LogP contribution in [0.4, 0.5) is 11.4 Å². The molecular formula is C23H24N2O5S. The summed E-state index contributed by atoms with van der Waals surface area (Å²) in [5.41, 5.74) is 2.96. The van der Waals surface area contributed by atoms with Crippen molar-refractivity contribution in [3.8, 4) is 11.5 Å². The Kier molecular flexibility index (Phi) is 6.81. The standard InChI is InChI=1S/C23H24N2O5S/c1-16-7-10-21(13-17(16)2)30-15-23(26)24-19-5-4-6-22(14-19)31(27,28)25-18-8-11-20(29-3)12-9-18/h4-14,25H,15H2,1-3H3,(H,24,26). The molecule has 3 aromatic carbocycles. The Morgan fingerprint density at radius 2 is 1.58 bits per heavy atom. The Balaban J connectivity index is 1.64. The predicted molar refractivity (Wildman–Crippen MR) is 120 cm³/mol. The Hall–Kier alpha value is -3.52. The molecule has 0 aliphatic heterocycles. The zero-order valence-corrected chi connectivity index (χ0v) is 18.3. The number of hydrogen-bond acceptors (Lipinski definition) is 5. The molecule has 0 atom stereocenters. The number of carbonyl (C=O) groups excluding carboxylic acids is 1. The van der Waals surface area contributed by atoms with E-state index in [0.717, 1.165) is 11.1 Å². The summed E-state index contributed by atoms with van der Waals surface area (Å²) in [6.07, 6.45) is 0. The van der Waals surface area contributed by atoms with Gasteiger partial charge in [0.15, 0.2) is 6.61 Å². The van der Waals surface area contributed by atoms with Crippen LogP contribution in [0.15, 0.2) is 71.6 Å². The van der Waals surface area contributed by atoms with Crippen molar-refractivity contribution in [2.24, 2.45) is 0 Å². The number of nitrogens with one attached hydrogen (secondary N) is 2. The van der Waals surface area contributed by atoms with Crippen LogP contribution in [0.25, 0.3) is 0 Å². The van der Waals surface area contributed by atoms with E-state index in [1.807, 2.05) is 26.0 Å². The van der Waals surface area contributed by atoms with Gasteiger partial charge in [0.25, 0.3) is 15.9 Å². The van der Waals surface area contributed by atoms with Crippen LogP contribution < -0.4 is 19.5 Å². The fourth-order valence-electron chi connectivity index (χ4n) is 2.76. The van der Waals surface area contributed by atoms with E-state index in [1.54, 1.807) is 42.5 Å². The van der Waals surface area contributed by atoms with Crippen LogP contribution in [0.5, 0.6) is 11.5 Å². The zero-order valence-electron chi connectivity index (χ0n) is 17.5. The first-order valence-corrected chi connectivity index (χ1v) is 11.0. The van der Waals surface area contributed by atoms with Gasteiger partial charge in [-0.05, 0) is 79.6 Å². The molecule has 3 rings (SSSR count). The topological polar surface area (TPSA) is 93.7 Å². The molecule has 1 amide bonds. The second kappa shape index (κ2) is 9.53. The summed E-state index contributed by atoms with van der Waals surface area (Å²) in [5, 5.41) is 2.66. The molecule has 0 aliphatic carbocycles. The smallest absolute Gasteiger partial charge is 0.262 e. The average molecular weight is 441 g/mol. The van der Waals surface area contributed by atoms with Gasteiger partial charge >= 0.3 is 0 Å². The number of benzene rings is 3. The van der Waals surface area contributed by atoms with Gasteiger partial charge in [0.2, 0.25) is 0 Å². The van der Waals surface area contributed by atoms with Crippen molar-refractivity contribution in [1.29, 1.82) is 0 Å². The number of aryl methyl sites for hydroxylation is 2. The third kappa shape index (κ3) is 5.99. The van der Waals surface area contributed by atoms with Gasteiger partial charge in [0.05, 0.1) is 12.0 Å². The second-order valence-corrected chi connectivity index (χ2v) is 8.63. The van der Waals surface area contributed by atoms with Gasteiger partial charge in [-0.3, -0.25) is 9.52 Å². The number of hydrogen-bond donors (Lipinski definition) is 2. The van der Waals surface area contributed by atoms with Crippen molar-refractivity contribution < 1.29 is 22.7 Å². The van der Waals surface area contributed by atoms with Crippen LogP contribution in [-0.2, 0) is 14.8 Å². The lowest BCUT2D eigenvalue weighted by Crippen LogP contribution is -2.20. The molecule has 0 spiro atoms. The molecule has 2 N–H and O–H groups in total. The van der Waals surface area contributed by atoms with Crippen molar-refractivity contribution >= 4 is 27.3 Å². The summed E-state index contributed by atoms with van der Waals surface area (Å²) in [7, 11) is -2.30. The zero-order chi connectivity index (χ0) is 22.4. The largest absolute Gasteiger partial charge is 0.497 e. The summed E-state index contributed by atoms with van der Waals surface area (Å²) < 4.78 is 38.5. The van der Waals surface area contributed by atoms with E-state index in [4.69, 9.17) is 9.47 Å². The van der Waals surface area contributed by atoms with E-state index in [9.17, 15) is 13.2 Å². The monoisotopic (exact) mass is 440 g/mol. The summed E-state index contributed by atoms with van der Waals surface area (Å²) in [4.78, 5) is 12.3. The summed E-state index contributed by atoms with van der Waals surface area (Å²) in [6.45, 7) is 3.77. The molecule has 0 radical (unpaired) electrons. The summed E-state index contributed by atoms with van der Waals surface area (Å²) in [5.74, 6) is 0.824. The number of carbonyl (C=O) groups is 1. The van der Waals surface area contributed by atoms with Crippen molar-refractivity contribution in [3.63, 3.8) is 0 Å². The molecule has 0 saturated heterocycles. The normalized spacial score (nSPS) is 10.9. The van der Waals surface area contributed by atoms with Gasteiger partial charge in [0.1, 0.15) is 11.5 Å². The van der Waals surface area contributed by atoms with Crippen molar-refractivity contribution in [2.75, 3.05) is 23.8 Å². The number of rotatable bonds is 8. The molecule has 0 unspecified atom stereocenters. The molecule has 0 bridgehead atoms. The fourth-order valence-corrected chi connectivity index (χ4v) is 3.87. The molecule has 0 fully saturated rings. The molecular weight excluding hydrogens is 416 g/mol. The molecule has 3 aromatic rings. The minimum Gasteiger partial charge on any atom is -0.497 e. The van der Waals surface area contributed by atoms with Crippen LogP contribution in [0, 0.1) is 13.8 Å². The van der Waals surface area contributed by atoms with E-state index in [0.29, 0.717) is 22.9 Å². The van der Waals surface area contributed by atoms with Gasteiger partial charge in [-0.2, -0.15) is 0 Å². The van der Waals surface area contributed by atoms with Crippen molar-refractivity contribution in [2.45, 2.75) is 18.7 Å². The number of methoxy groups -OCH3 is 1. The number of sulfonamides is 1. The predicted octanol–water partition coefficient (Wildman–Crippen LogP) is 4.13. The summed E-state index contributed by atoms with van der Waals surface area (Å²) >= 11 is 0. The van der Waals surface area contributed by atoms with Crippen LogP contribution in [0.3, 0.4) is 0 Å². The second-order valence-electron chi connectivity index (χ2n) is 6.94. The lowest BCUT2D eigenvalue weighted by molar-refractivity contribution is -0.118. The average Bonchev–Trinajstić information content (AvgIpc) is 2.75. The van der Waals surface area contributed by atoms with Crippen LogP contribution in [0.2, 0.25) is 0 Å². The first-order chi connectivity index (χ1) is 14.8. The highest BCUT2D eigenvalue weighted by molar-refractivity contribution is 7.92. The lowest BCUT2D eigenvalue weighted by Gasteiger charge is -2.11. The molecule has 7 nitrogen and oxygen atoms in total. The molecule has 0 saturated carbocycles. The molecule has 0 aromatic heterocycles. The van der Waals surface area contributed by atoms with E-state index in [2.05, 4.69) is 10.0 Å². The molecule has 0 heterocycles. The van der Waals surface area contributed by atoms with Crippen LogP contribution in [-0.4, -0.2) is 28.0 Å². The van der Waals surface area contributed by atoms with Crippen LogP contribution >= 0.6 is 0 Å². The molecule has 162 valence electrons. The lowest BCUT2D eigenvalue weighted by atomic mass is 10.1. The van der Waals surface area contributed by atoms with E-state index >= 15 is 0 Å². The Labute approximate surface area is 182 Å². The Morgan fingerprint density at radius 1 is 0.871 bits per heavy atom. The highest BCUT2D eigenvalue weighted by atomic mass is 32.2. The van der Waals surface area contributed by atoms with Crippen molar-refractivity contribution in [1.82, 2.24) is 0 Å². The van der Waals surface area contributed by atoms with Gasteiger partial charge in [0, 0.05) is 11.4 Å².